The molecule has 1 N–H and O–H groups in total. The highest BCUT2D eigenvalue weighted by molar-refractivity contribution is 6.00. The standard InChI is InChI=1S/C25H25N3O4/c1-16-10-12-21(32-16)17(2)26-25(29)20-15-28(19-8-6-5-7-9-19)27-24(20)18-11-13-22(30-3)23(14-18)31-4/h5-15,17H,1-4H3,(H,26,29). The fourth-order valence-corrected chi connectivity index (χ4v) is 3.48. The number of benzene rings is 2. The van der Waals surface area contributed by atoms with Gasteiger partial charge in [0, 0.05) is 11.8 Å². The Morgan fingerprint density at radius 1 is 1.03 bits per heavy atom. The van der Waals surface area contributed by atoms with Crippen LogP contribution in [-0.4, -0.2) is 29.9 Å². The number of hydrogen-bond acceptors (Lipinski definition) is 5. The number of furan rings is 1. The van der Waals surface area contributed by atoms with Gasteiger partial charge in [-0.2, -0.15) is 5.10 Å². The number of hydrogen-bond donors (Lipinski definition) is 1. The SMILES string of the molecule is COc1ccc(-c2nn(-c3ccccc3)cc2C(=O)NC(C)c2ccc(C)o2)cc1OC. The first-order valence-electron chi connectivity index (χ1n) is 10.2. The number of aromatic nitrogens is 2. The molecule has 1 amide bonds. The Morgan fingerprint density at radius 3 is 2.44 bits per heavy atom. The summed E-state index contributed by atoms with van der Waals surface area (Å²) in [6.07, 6.45) is 1.73. The van der Waals surface area contributed by atoms with Crippen molar-refractivity contribution in [1.29, 1.82) is 0 Å². The zero-order valence-electron chi connectivity index (χ0n) is 18.5. The molecule has 0 aliphatic rings. The van der Waals surface area contributed by atoms with Crippen LogP contribution in [0.5, 0.6) is 11.5 Å². The molecule has 164 valence electrons. The Morgan fingerprint density at radius 2 is 1.78 bits per heavy atom. The lowest BCUT2D eigenvalue weighted by Gasteiger charge is -2.12. The molecule has 0 saturated heterocycles. The molecule has 1 unspecified atom stereocenters. The monoisotopic (exact) mass is 431 g/mol. The van der Waals surface area contributed by atoms with Crippen LogP contribution in [0.1, 0.15) is 34.8 Å². The average molecular weight is 431 g/mol. The van der Waals surface area contributed by atoms with Crippen molar-refractivity contribution >= 4 is 5.91 Å². The van der Waals surface area contributed by atoms with Gasteiger partial charge in [0.15, 0.2) is 11.5 Å². The van der Waals surface area contributed by atoms with Crippen molar-refractivity contribution in [3.8, 4) is 28.4 Å². The summed E-state index contributed by atoms with van der Waals surface area (Å²) in [6, 6.07) is 18.6. The van der Waals surface area contributed by atoms with Gasteiger partial charge in [0.1, 0.15) is 17.2 Å². The second kappa shape index (κ2) is 9.01. The van der Waals surface area contributed by atoms with Crippen LogP contribution in [0.4, 0.5) is 0 Å². The van der Waals surface area contributed by atoms with Crippen LogP contribution in [0.15, 0.2) is 71.3 Å². The second-order valence-corrected chi connectivity index (χ2v) is 7.38. The van der Waals surface area contributed by atoms with Crippen LogP contribution in [0, 0.1) is 6.92 Å². The molecule has 32 heavy (non-hydrogen) atoms. The molecule has 4 aromatic rings. The van der Waals surface area contributed by atoms with Gasteiger partial charge in [0.2, 0.25) is 0 Å². The summed E-state index contributed by atoms with van der Waals surface area (Å²) >= 11 is 0. The average Bonchev–Trinajstić information content (AvgIpc) is 3.46. The van der Waals surface area contributed by atoms with Gasteiger partial charge < -0.3 is 19.2 Å². The highest BCUT2D eigenvalue weighted by Gasteiger charge is 2.22. The van der Waals surface area contributed by atoms with E-state index in [1.165, 1.54) is 0 Å². The fourth-order valence-electron chi connectivity index (χ4n) is 3.48. The number of carbonyl (C=O) groups excluding carboxylic acids is 1. The Labute approximate surface area is 186 Å². The normalized spacial score (nSPS) is 11.8. The molecule has 0 aliphatic heterocycles. The Kier molecular flexibility index (Phi) is 5.98. The maximum atomic E-state index is 13.3. The number of rotatable bonds is 7. The molecule has 0 radical (unpaired) electrons. The fraction of sp³-hybridized carbons (Fsp3) is 0.200. The van der Waals surface area contributed by atoms with E-state index >= 15 is 0 Å². The van der Waals surface area contributed by atoms with Gasteiger partial charge in [-0.15, -0.1) is 0 Å². The molecule has 0 fully saturated rings. The molecule has 4 rings (SSSR count). The molecule has 2 aromatic heterocycles. The van der Waals surface area contributed by atoms with Gasteiger partial charge >= 0.3 is 0 Å². The van der Waals surface area contributed by atoms with Crippen LogP contribution in [0.2, 0.25) is 0 Å². The lowest BCUT2D eigenvalue weighted by Crippen LogP contribution is -2.26. The van der Waals surface area contributed by atoms with E-state index in [2.05, 4.69) is 5.32 Å². The largest absolute Gasteiger partial charge is 0.493 e. The van der Waals surface area contributed by atoms with Crippen molar-refractivity contribution in [1.82, 2.24) is 15.1 Å². The predicted molar refractivity (Wildman–Crippen MR) is 121 cm³/mol. The maximum Gasteiger partial charge on any atom is 0.255 e. The molecule has 7 heteroatoms. The number of nitrogens with one attached hydrogen (secondary N) is 1. The third-order valence-electron chi connectivity index (χ3n) is 5.17. The van der Waals surface area contributed by atoms with Crippen molar-refractivity contribution < 1.29 is 18.7 Å². The van der Waals surface area contributed by atoms with Crippen molar-refractivity contribution in [3.05, 3.63) is 83.9 Å². The summed E-state index contributed by atoms with van der Waals surface area (Å²) in [5.41, 5.74) is 2.57. The quantitative estimate of drug-likeness (QED) is 0.448. The Balaban J connectivity index is 1.75. The second-order valence-electron chi connectivity index (χ2n) is 7.38. The van der Waals surface area contributed by atoms with Crippen molar-refractivity contribution in [3.63, 3.8) is 0 Å². The first kappa shape index (κ1) is 21.2. The number of para-hydroxylation sites is 1. The van der Waals surface area contributed by atoms with E-state index < -0.39 is 0 Å². The molecular weight excluding hydrogens is 406 g/mol. The number of carbonyl (C=O) groups is 1. The van der Waals surface area contributed by atoms with Gasteiger partial charge in [0.25, 0.3) is 5.91 Å². The van der Waals surface area contributed by atoms with E-state index in [9.17, 15) is 4.79 Å². The minimum Gasteiger partial charge on any atom is -0.493 e. The van der Waals surface area contributed by atoms with Crippen molar-refractivity contribution in [2.75, 3.05) is 14.2 Å². The van der Waals surface area contributed by atoms with E-state index in [1.807, 2.05) is 68.4 Å². The molecule has 2 heterocycles. The third-order valence-corrected chi connectivity index (χ3v) is 5.17. The van der Waals surface area contributed by atoms with Gasteiger partial charge in [-0.05, 0) is 56.3 Å². The van der Waals surface area contributed by atoms with Crippen LogP contribution >= 0.6 is 0 Å². The Hall–Kier alpha value is -4.00. The number of methoxy groups -OCH3 is 2. The zero-order chi connectivity index (χ0) is 22.7. The van der Waals surface area contributed by atoms with Crippen molar-refractivity contribution in [2.24, 2.45) is 0 Å². The molecule has 0 aliphatic carbocycles. The molecule has 1 atom stereocenters. The van der Waals surface area contributed by atoms with Crippen LogP contribution in [0.25, 0.3) is 16.9 Å². The summed E-state index contributed by atoms with van der Waals surface area (Å²) in [6.45, 7) is 3.75. The maximum absolute atomic E-state index is 13.3. The molecule has 0 bridgehead atoms. The zero-order valence-corrected chi connectivity index (χ0v) is 18.5. The lowest BCUT2D eigenvalue weighted by atomic mass is 10.1. The highest BCUT2D eigenvalue weighted by Crippen LogP contribution is 2.33. The summed E-state index contributed by atoms with van der Waals surface area (Å²) < 4.78 is 18.1. The number of ether oxygens (including phenoxy) is 2. The topological polar surface area (TPSA) is 78.5 Å². The van der Waals surface area contributed by atoms with Gasteiger partial charge in [-0.1, -0.05) is 18.2 Å². The summed E-state index contributed by atoms with van der Waals surface area (Å²) in [7, 11) is 3.16. The molecule has 7 nitrogen and oxygen atoms in total. The predicted octanol–water partition coefficient (Wildman–Crippen LogP) is 4.95. The van der Waals surface area contributed by atoms with Crippen LogP contribution in [-0.2, 0) is 0 Å². The van der Waals surface area contributed by atoms with Gasteiger partial charge in [-0.25, -0.2) is 4.68 Å². The number of amides is 1. The van der Waals surface area contributed by atoms with E-state index in [1.54, 1.807) is 31.2 Å². The number of nitrogens with zero attached hydrogens (tertiary/aromatic N) is 2. The van der Waals surface area contributed by atoms with E-state index in [4.69, 9.17) is 19.0 Å². The molecule has 2 aromatic carbocycles. The smallest absolute Gasteiger partial charge is 0.255 e. The van der Waals surface area contributed by atoms with Crippen molar-refractivity contribution in [2.45, 2.75) is 19.9 Å². The third kappa shape index (κ3) is 4.23. The van der Waals surface area contributed by atoms with E-state index in [0.717, 1.165) is 17.0 Å². The lowest BCUT2D eigenvalue weighted by molar-refractivity contribution is 0.0935. The summed E-state index contributed by atoms with van der Waals surface area (Å²) in [5.74, 6) is 2.40. The Bertz CT molecular complexity index is 1230. The van der Waals surface area contributed by atoms with Crippen LogP contribution < -0.4 is 14.8 Å². The summed E-state index contributed by atoms with van der Waals surface area (Å²) in [4.78, 5) is 13.3. The highest BCUT2D eigenvalue weighted by atomic mass is 16.5. The van der Waals surface area contributed by atoms with Gasteiger partial charge in [0.05, 0.1) is 31.5 Å². The van der Waals surface area contributed by atoms with E-state index in [-0.39, 0.29) is 11.9 Å². The van der Waals surface area contributed by atoms with Gasteiger partial charge in [-0.3, -0.25) is 4.79 Å². The minimum absolute atomic E-state index is 0.251. The number of aryl methyl sites for hydroxylation is 1. The molecular formula is C25H25N3O4. The first-order valence-corrected chi connectivity index (χ1v) is 10.2. The molecule has 0 saturated carbocycles. The first-order chi connectivity index (χ1) is 15.5. The molecule has 0 spiro atoms. The minimum atomic E-state index is -0.297. The summed E-state index contributed by atoms with van der Waals surface area (Å²) in [5, 5.41) is 7.73. The van der Waals surface area contributed by atoms with E-state index in [0.29, 0.717) is 28.5 Å². The van der Waals surface area contributed by atoms with Crippen LogP contribution in [0.3, 0.4) is 0 Å².